The van der Waals surface area contributed by atoms with E-state index in [1.54, 1.807) is 24.3 Å². The van der Waals surface area contributed by atoms with Crippen molar-refractivity contribution in [3.63, 3.8) is 0 Å². The van der Waals surface area contributed by atoms with Crippen LogP contribution in [0.25, 0.3) is 11.1 Å². The molecule has 8 nitrogen and oxygen atoms in total. The van der Waals surface area contributed by atoms with Gasteiger partial charge in [0.25, 0.3) is 0 Å². The van der Waals surface area contributed by atoms with Crippen LogP contribution in [0.3, 0.4) is 0 Å². The number of aliphatic carboxylic acids is 1. The van der Waals surface area contributed by atoms with Gasteiger partial charge in [0.2, 0.25) is 11.8 Å². The van der Waals surface area contributed by atoms with E-state index in [4.69, 9.17) is 4.74 Å². The summed E-state index contributed by atoms with van der Waals surface area (Å²) in [6.07, 6.45) is 2.08. The molecule has 40 heavy (non-hydrogen) atoms. The number of carbonyl (C=O) groups excluding carboxylic acids is 3. The number of ether oxygens (including phenoxy) is 1. The van der Waals surface area contributed by atoms with E-state index in [9.17, 15) is 24.3 Å². The molecule has 2 amide bonds. The van der Waals surface area contributed by atoms with Gasteiger partial charge in [-0.15, -0.1) is 0 Å². The zero-order valence-corrected chi connectivity index (χ0v) is 23.0. The van der Waals surface area contributed by atoms with E-state index in [2.05, 4.69) is 5.32 Å². The fraction of sp³-hybridized carbons (Fsp3) is 0.290. The molecular formula is C31H30N2O6S. The molecule has 3 aromatic rings. The minimum absolute atomic E-state index is 0.00991. The molecule has 2 aliphatic heterocycles. The number of hydrogen-bond acceptors (Lipinski definition) is 7. The molecule has 0 spiro atoms. The van der Waals surface area contributed by atoms with Crippen LogP contribution in [-0.4, -0.2) is 58.4 Å². The molecule has 0 bridgehead atoms. The monoisotopic (exact) mass is 558 g/mol. The minimum Gasteiger partial charge on any atom is -0.480 e. The molecule has 2 saturated heterocycles. The van der Waals surface area contributed by atoms with E-state index in [0.29, 0.717) is 16.9 Å². The molecule has 2 fully saturated rings. The first-order valence-corrected chi connectivity index (χ1v) is 14.4. The van der Waals surface area contributed by atoms with Crippen molar-refractivity contribution < 1.29 is 29.0 Å². The highest BCUT2D eigenvalue weighted by molar-refractivity contribution is 7.98. The topological polar surface area (TPSA) is 113 Å². The number of hydrogen-bond donors (Lipinski definition) is 2. The first kappa shape index (κ1) is 27.6. The van der Waals surface area contributed by atoms with Gasteiger partial charge in [0.15, 0.2) is 0 Å². The Morgan fingerprint density at radius 1 is 0.950 bits per heavy atom. The number of esters is 1. The Morgan fingerprint density at radius 3 is 2.20 bits per heavy atom. The maximum Gasteiger partial charge on any atom is 0.337 e. The number of fused-ring (bicyclic) bond motifs is 1. The summed E-state index contributed by atoms with van der Waals surface area (Å²) in [5.41, 5.74) is 2.22. The number of carboxylic acid groups (broad SMARTS) is 1. The first-order valence-electron chi connectivity index (χ1n) is 13.0. The number of methoxy groups -OCH3 is 1. The second-order valence-electron chi connectivity index (χ2n) is 10.1. The zero-order valence-electron chi connectivity index (χ0n) is 22.2. The van der Waals surface area contributed by atoms with Crippen molar-refractivity contribution in [1.82, 2.24) is 10.2 Å². The molecule has 2 heterocycles. The van der Waals surface area contributed by atoms with Crippen LogP contribution in [0.15, 0.2) is 78.9 Å². The largest absolute Gasteiger partial charge is 0.480 e. The Morgan fingerprint density at radius 2 is 1.60 bits per heavy atom. The van der Waals surface area contributed by atoms with Crippen LogP contribution in [-0.2, 0) is 25.7 Å². The van der Waals surface area contributed by atoms with Gasteiger partial charge in [0, 0.05) is 6.04 Å². The fourth-order valence-corrected chi connectivity index (χ4v) is 6.39. The lowest BCUT2D eigenvalue weighted by Crippen LogP contribution is -2.56. The number of thioether (sulfide) groups is 1. The van der Waals surface area contributed by atoms with Gasteiger partial charge in [-0.25, -0.2) is 4.79 Å². The van der Waals surface area contributed by atoms with E-state index in [1.165, 1.54) is 23.8 Å². The SMILES string of the molecule is COC(=O)c1ccc(CN2C(=O)C3C(c4ccc(-c5ccccc5)cc4)NC(CCSC)(C(=O)O)C3C2=O)cc1. The third-order valence-corrected chi connectivity index (χ3v) is 8.53. The highest BCUT2D eigenvalue weighted by atomic mass is 32.2. The van der Waals surface area contributed by atoms with Crippen molar-refractivity contribution >= 4 is 35.5 Å². The lowest BCUT2D eigenvalue weighted by atomic mass is 9.78. The van der Waals surface area contributed by atoms with E-state index < -0.39 is 47.2 Å². The van der Waals surface area contributed by atoms with Crippen LogP contribution in [0.2, 0.25) is 0 Å². The smallest absolute Gasteiger partial charge is 0.337 e. The average molecular weight is 559 g/mol. The quantitative estimate of drug-likeness (QED) is 0.297. The molecule has 4 unspecified atom stereocenters. The Kier molecular flexibility index (Phi) is 7.78. The Labute approximate surface area is 236 Å². The van der Waals surface area contributed by atoms with Gasteiger partial charge in [-0.05, 0) is 52.8 Å². The van der Waals surface area contributed by atoms with E-state index in [-0.39, 0.29) is 13.0 Å². The van der Waals surface area contributed by atoms with Gasteiger partial charge >= 0.3 is 11.9 Å². The highest BCUT2D eigenvalue weighted by Crippen LogP contribution is 2.50. The molecule has 206 valence electrons. The Balaban J connectivity index is 1.49. The number of carbonyl (C=O) groups is 4. The predicted molar refractivity (Wildman–Crippen MR) is 151 cm³/mol. The summed E-state index contributed by atoms with van der Waals surface area (Å²) in [7, 11) is 1.29. The van der Waals surface area contributed by atoms with Crippen LogP contribution in [0.5, 0.6) is 0 Å². The Hall–Kier alpha value is -3.95. The molecule has 3 aromatic carbocycles. The van der Waals surface area contributed by atoms with Gasteiger partial charge in [-0.3, -0.25) is 24.6 Å². The van der Waals surface area contributed by atoms with Crippen molar-refractivity contribution in [3.8, 4) is 11.1 Å². The third kappa shape index (κ3) is 4.80. The van der Waals surface area contributed by atoms with E-state index in [1.807, 2.05) is 60.9 Å². The number of nitrogens with one attached hydrogen (secondary N) is 1. The number of rotatable bonds is 9. The molecule has 5 rings (SSSR count). The molecule has 4 atom stereocenters. The second-order valence-corrected chi connectivity index (χ2v) is 11.1. The average Bonchev–Trinajstić information content (AvgIpc) is 3.46. The number of likely N-dealkylation sites (tertiary alicyclic amines) is 1. The van der Waals surface area contributed by atoms with Crippen LogP contribution in [0.4, 0.5) is 0 Å². The van der Waals surface area contributed by atoms with Crippen LogP contribution in [0, 0.1) is 11.8 Å². The fourth-order valence-electron chi connectivity index (χ4n) is 5.86. The second kappa shape index (κ2) is 11.3. The molecule has 0 aromatic heterocycles. The summed E-state index contributed by atoms with van der Waals surface area (Å²) in [4.78, 5) is 53.5. The maximum absolute atomic E-state index is 13.9. The van der Waals surface area contributed by atoms with Crippen molar-refractivity contribution in [3.05, 3.63) is 95.6 Å². The molecular weight excluding hydrogens is 528 g/mol. The summed E-state index contributed by atoms with van der Waals surface area (Å²) < 4.78 is 4.74. The highest BCUT2D eigenvalue weighted by Gasteiger charge is 2.68. The van der Waals surface area contributed by atoms with Crippen molar-refractivity contribution in [2.24, 2.45) is 11.8 Å². The molecule has 2 N–H and O–H groups in total. The normalized spacial score (nSPS) is 23.8. The molecule has 2 aliphatic rings. The van der Waals surface area contributed by atoms with E-state index in [0.717, 1.165) is 16.7 Å². The van der Waals surface area contributed by atoms with Crippen LogP contribution < -0.4 is 5.32 Å². The lowest BCUT2D eigenvalue weighted by molar-refractivity contribution is -0.151. The molecule has 0 aliphatic carbocycles. The van der Waals surface area contributed by atoms with E-state index >= 15 is 0 Å². The van der Waals surface area contributed by atoms with Gasteiger partial charge in [0.05, 0.1) is 31.1 Å². The number of imide groups is 1. The summed E-state index contributed by atoms with van der Waals surface area (Å²) >= 11 is 1.50. The predicted octanol–water partition coefficient (Wildman–Crippen LogP) is 4.16. The zero-order chi connectivity index (χ0) is 28.4. The number of benzene rings is 3. The molecule has 0 radical (unpaired) electrons. The summed E-state index contributed by atoms with van der Waals surface area (Å²) in [6.45, 7) is -0.00991. The summed E-state index contributed by atoms with van der Waals surface area (Å²) in [5, 5.41) is 13.7. The lowest BCUT2D eigenvalue weighted by Gasteiger charge is -2.31. The van der Waals surface area contributed by atoms with Crippen LogP contribution in [0.1, 0.15) is 33.9 Å². The van der Waals surface area contributed by atoms with Gasteiger partial charge in [-0.1, -0.05) is 66.7 Å². The van der Waals surface area contributed by atoms with Crippen molar-refractivity contribution in [1.29, 1.82) is 0 Å². The standard InChI is InChI=1S/C31H30N2O6S/c1-39-29(36)23-10-8-19(9-11-23)18-33-27(34)24-25(28(33)35)31(30(37)38,16-17-40-2)32-26(24)22-14-12-21(13-15-22)20-6-4-3-5-7-20/h3-15,24-26,32H,16-18H2,1-2H3,(H,37,38). The number of amides is 2. The summed E-state index contributed by atoms with van der Waals surface area (Å²) in [5.74, 6) is -3.90. The third-order valence-electron chi connectivity index (χ3n) is 7.92. The van der Waals surface area contributed by atoms with Crippen LogP contribution >= 0.6 is 11.8 Å². The van der Waals surface area contributed by atoms with Crippen molar-refractivity contribution in [2.45, 2.75) is 24.5 Å². The minimum atomic E-state index is -1.58. The maximum atomic E-state index is 13.9. The van der Waals surface area contributed by atoms with Gasteiger partial charge in [-0.2, -0.15) is 11.8 Å². The number of carboxylic acids is 1. The van der Waals surface area contributed by atoms with Gasteiger partial charge < -0.3 is 9.84 Å². The first-order chi connectivity index (χ1) is 19.3. The number of nitrogens with zero attached hydrogens (tertiary/aromatic N) is 1. The summed E-state index contributed by atoms with van der Waals surface area (Å²) in [6, 6.07) is 23.4. The molecule has 0 saturated carbocycles. The van der Waals surface area contributed by atoms with Crippen molar-refractivity contribution in [2.75, 3.05) is 19.1 Å². The Bertz CT molecular complexity index is 1430. The van der Waals surface area contributed by atoms with Gasteiger partial charge in [0.1, 0.15) is 5.54 Å². The molecule has 9 heteroatoms.